The van der Waals surface area contributed by atoms with Crippen LogP contribution in [-0.2, 0) is 0 Å². The Morgan fingerprint density at radius 3 is 2.77 bits per heavy atom. The highest BCUT2D eigenvalue weighted by Crippen LogP contribution is 2.32. The van der Waals surface area contributed by atoms with Crippen molar-refractivity contribution in [3.8, 4) is 10.9 Å². The molecule has 0 N–H and O–H groups in total. The van der Waals surface area contributed by atoms with Crippen molar-refractivity contribution in [1.29, 1.82) is 0 Å². The van der Waals surface area contributed by atoms with Gasteiger partial charge in [0.2, 0.25) is 0 Å². The van der Waals surface area contributed by atoms with Gasteiger partial charge in [0, 0.05) is 31.3 Å². The molecule has 0 aliphatic carbocycles. The van der Waals surface area contributed by atoms with Crippen molar-refractivity contribution < 1.29 is 18.7 Å². The molecule has 2 aromatic carbocycles. The second kappa shape index (κ2) is 7.65. The number of methoxy groups -OCH3 is 1. The van der Waals surface area contributed by atoms with Crippen molar-refractivity contribution in [1.82, 2.24) is 9.88 Å². The minimum absolute atomic E-state index is 0.0608. The summed E-state index contributed by atoms with van der Waals surface area (Å²) in [5.41, 5.74) is 2.76. The molecule has 1 aliphatic rings. The maximum atomic E-state index is 12.9. The second-order valence-electron chi connectivity index (χ2n) is 7.50. The Hall–Kier alpha value is -3.06. The average Bonchev–Trinajstić information content (AvgIpc) is 3.38. The Morgan fingerprint density at radius 1 is 1.20 bits per heavy atom. The van der Waals surface area contributed by atoms with Crippen LogP contribution in [0.25, 0.3) is 21.2 Å². The molecule has 2 aromatic heterocycles. The number of hydrogen-bond acceptors (Lipinski definition) is 6. The molecular formula is C23H22N2O4S. The van der Waals surface area contributed by atoms with Crippen LogP contribution in [0.3, 0.4) is 0 Å². The van der Waals surface area contributed by atoms with E-state index >= 15 is 0 Å². The molecule has 154 valence electrons. The zero-order valence-electron chi connectivity index (χ0n) is 16.9. The normalized spacial score (nSPS) is 15.1. The molecule has 1 saturated heterocycles. The van der Waals surface area contributed by atoms with Gasteiger partial charge in [-0.1, -0.05) is 35.6 Å². The molecule has 6 nitrogen and oxygen atoms in total. The van der Waals surface area contributed by atoms with Crippen molar-refractivity contribution in [2.75, 3.05) is 20.2 Å². The van der Waals surface area contributed by atoms with E-state index < -0.39 is 0 Å². The first-order valence-corrected chi connectivity index (χ1v) is 10.8. The molecule has 7 heteroatoms. The van der Waals surface area contributed by atoms with Gasteiger partial charge in [0.15, 0.2) is 17.1 Å². The number of furan rings is 1. The van der Waals surface area contributed by atoms with E-state index in [0.717, 1.165) is 34.0 Å². The van der Waals surface area contributed by atoms with Gasteiger partial charge >= 0.3 is 0 Å². The van der Waals surface area contributed by atoms with Crippen LogP contribution in [0.2, 0.25) is 0 Å². The number of ether oxygens (including phenoxy) is 2. The van der Waals surface area contributed by atoms with Crippen LogP contribution >= 0.6 is 11.3 Å². The summed E-state index contributed by atoms with van der Waals surface area (Å²) in [5.74, 6) is 0.877. The summed E-state index contributed by atoms with van der Waals surface area (Å²) in [6.45, 7) is 3.31. The number of hydrogen-bond donors (Lipinski definition) is 0. The van der Waals surface area contributed by atoms with Gasteiger partial charge in [0.1, 0.15) is 6.10 Å². The zero-order chi connectivity index (χ0) is 20.7. The van der Waals surface area contributed by atoms with Gasteiger partial charge in [-0.25, -0.2) is 4.98 Å². The fourth-order valence-corrected chi connectivity index (χ4v) is 4.85. The number of fused-ring (bicyclic) bond motifs is 2. The molecular weight excluding hydrogens is 400 g/mol. The first-order valence-electron chi connectivity index (χ1n) is 10.0. The lowest BCUT2D eigenvalue weighted by atomic mass is 10.1. The summed E-state index contributed by atoms with van der Waals surface area (Å²) in [5, 5.41) is 1.57. The third-order valence-corrected chi connectivity index (χ3v) is 6.45. The molecule has 0 atom stereocenters. The van der Waals surface area contributed by atoms with Gasteiger partial charge in [-0.05, 0) is 30.7 Å². The summed E-state index contributed by atoms with van der Waals surface area (Å²) in [6.07, 6.45) is 1.60. The first-order chi connectivity index (χ1) is 14.6. The van der Waals surface area contributed by atoms with Crippen molar-refractivity contribution in [3.05, 3.63) is 53.8 Å². The number of amides is 1. The summed E-state index contributed by atoms with van der Waals surface area (Å²) in [7, 11) is 1.59. The Bertz CT molecular complexity index is 1220. The number of benzene rings is 2. The van der Waals surface area contributed by atoms with Crippen LogP contribution in [0.1, 0.15) is 29.0 Å². The highest BCUT2D eigenvalue weighted by atomic mass is 32.1. The van der Waals surface area contributed by atoms with Gasteiger partial charge < -0.3 is 18.8 Å². The van der Waals surface area contributed by atoms with Crippen molar-refractivity contribution >= 4 is 38.4 Å². The van der Waals surface area contributed by atoms with E-state index in [4.69, 9.17) is 13.9 Å². The molecule has 0 unspecified atom stereocenters. The van der Waals surface area contributed by atoms with Crippen molar-refractivity contribution in [2.45, 2.75) is 25.9 Å². The van der Waals surface area contributed by atoms with E-state index in [9.17, 15) is 4.79 Å². The van der Waals surface area contributed by atoms with Gasteiger partial charge in [-0.3, -0.25) is 4.79 Å². The maximum Gasteiger partial charge on any atom is 0.289 e. The Morgan fingerprint density at radius 2 is 2.00 bits per heavy atom. The number of carbonyl (C=O) groups is 1. The van der Waals surface area contributed by atoms with Crippen LogP contribution in [0.15, 0.2) is 46.9 Å². The number of rotatable bonds is 4. The van der Waals surface area contributed by atoms with Crippen LogP contribution in [0.5, 0.6) is 10.9 Å². The number of para-hydroxylation sites is 2. The smallest absolute Gasteiger partial charge is 0.289 e. The highest BCUT2D eigenvalue weighted by molar-refractivity contribution is 7.20. The van der Waals surface area contributed by atoms with Gasteiger partial charge in [-0.15, -0.1) is 0 Å². The van der Waals surface area contributed by atoms with E-state index in [2.05, 4.69) is 24.0 Å². The van der Waals surface area contributed by atoms with Gasteiger partial charge in [-0.2, -0.15) is 0 Å². The molecule has 0 radical (unpaired) electrons. The average molecular weight is 423 g/mol. The molecule has 4 aromatic rings. The van der Waals surface area contributed by atoms with Crippen molar-refractivity contribution in [2.24, 2.45) is 0 Å². The van der Waals surface area contributed by atoms with Crippen LogP contribution in [-0.4, -0.2) is 42.1 Å². The summed E-state index contributed by atoms with van der Waals surface area (Å²) >= 11 is 1.57. The van der Waals surface area contributed by atoms with Gasteiger partial charge in [0.25, 0.3) is 11.1 Å². The molecule has 5 rings (SSSR count). The molecule has 0 spiro atoms. The predicted octanol–water partition coefficient (Wildman–Crippen LogP) is 5.04. The van der Waals surface area contributed by atoms with Crippen LogP contribution < -0.4 is 9.47 Å². The molecule has 30 heavy (non-hydrogen) atoms. The quantitative estimate of drug-likeness (QED) is 0.461. The van der Waals surface area contributed by atoms with Crippen molar-refractivity contribution in [3.63, 3.8) is 0 Å². The lowest BCUT2D eigenvalue weighted by Gasteiger charge is -2.31. The standard InChI is InChI=1S/C23H22N2O4S/c1-14-5-3-8-19-20(14)24-23(30-19)28-16-9-11-25(12-10-16)22(26)18-13-15-6-4-7-17(27-2)21(15)29-18/h3-8,13,16H,9-12H2,1-2H3. The number of aryl methyl sites for hydroxylation is 1. The zero-order valence-corrected chi connectivity index (χ0v) is 17.7. The largest absolute Gasteiger partial charge is 0.493 e. The molecule has 0 bridgehead atoms. The second-order valence-corrected chi connectivity index (χ2v) is 8.49. The Labute approximate surface area is 178 Å². The van der Waals surface area contributed by atoms with Crippen LogP contribution in [0.4, 0.5) is 0 Å². The number of aromatic nitrogens is 1. The number of nitrogens with zero attached hydrogens (tertiary/aromatic N) is 2. The van der Waals surface area contributed by atoms with Crippen LogP contribution in [0, 0.1) is 6.92 Å². The number of likely N-dealkylation sites (tertiary alicyclic amines) is 1. The van der Waals surface area contributed by atoms with Gasteiger partial charge in [0.05, 0.1) is 17.3 Å². The fraction of sp³-hybridized carbons (Fsp3) is 0.304. The predicted molar refractivity (Wildman–Crippen MR) is 117 cm³/mol. The Balaban J connectivity index is 1.25. The van der Waals surface area contributed by atoms with E-state index in [0.29, 0.717) is 35.4 Å². The Kier molecular flexibility index (Phi) is 4.83. The molecule has 3 heterocycles. The maximum absolute atomic E-state index is 12.9. The lowest BCUT2D eigenvalue weighted by Crippen LogP contribution is -2.41. The first kappa shape index (κ1) is 18.9. The molecule has 1 amide bonds. The third-order valence-electron chi connectivity index (χ3n) is 5.54. The monoisotopic (exact) mass is 422 g/mol. The molecule has 1 fully saturated rings. The lowest BCUT2D eigenvalue weighted by molar-refractivity contribution is 0.0568. The molecule has 0 saturated carbocycles. The minimum Gasteiger partial charge on any atom is -0.493 e. The SMILES string of the molecule is COc1cccc2cc(C(=O)N3CCC(Oc4nc5c(C)cccc5s4)CC3)oc12. The summed E-state index contributed by atoms with van der Waals surface area (Å²) in [6, 6.07) is 13.6. The van der Waals surface area contributed by atoms with E-state index in [1.165, 1.54) is 0 Å². The summed E-state index contributed by atoms with van der Waals surface area (Å²) < 4.78 is 18.4. The number of thiazole rings is 1. The topological polar surface area (TPSA) is 64.8 Å². The van der Waals surface area contributed by atoms with E-state index in [1.807, 2.05) is 29.2 Å². The molecule has 1 aliphatic heterocycles. The third kappa shape index (κ3) is 3.39. The van der Waals surface area contributed by atoms with E-state index in [1.54, 1.807) is 24.5 Å². The number of piperidine rings is 1. The fourth-order valence-electron chi connectivity index (χ4n) is 3.89. The highest BCUT2D eigenvalue weighted by Gasteiger charge is 2.27. The number of carbonyl (C=O) groups excluding carboxylic acids is 1. The summed E-state index contributed by atoms with van der Waals surface area (Å²) in [4.78, 5) is 19.4. The minimum atomic E-state index is -0.0951. The van der Waals surface area contributed by atoms with E-state index in [-0.39, 0.29) is 12.0 Å².